The largest absolute Gasteiger partial charge is 0.493 e. The van der Waals surface area contributed by atoms with Crippen LogP contribution in [0.4, 0.5) is 0 Å². The molecular weight excluding hydrogens is 412 g/mol. The molecule has 1 atom stereocenters. The number of nitrogens with zero attached hydrogens (tertiary/aromatic N) is 2. The van der Waals surface area contributed by atoms with Gasteiger partial charge in [-0.2, -0.15) is 0 Å². The van der Waals surface area contributed by atoms with Gasteiger partial charge in [-0.05, 0) is 41.2 Å². The van der Waals surface area contributed by atoms with Crippen molar-refractivity contribution in [3.8, 4) is 17.2 Å². The SMILES string of the molecule is COc1ccc(CN2CCCn3cccc3C2c2ccc(C(C)(C)C)cc2)c(OC)c1OC. The minimum absolute atomic E-state index is 0.134. The highest BCUT2D eigenvalue weighted by molar-refractivity contribution is 5.55. The minimum Gasteiger partial charge on any atom is -0.493 e. The van der Waals surface area contributed by atoms with Gasteiger partial charge in [0.2, 0.25) is 5.75 Å². The Hall–Kier alpha value is -2.92. The molecule has 5 nitrogen and oxygen atoms in total. The van der Waals surface area contributed by atoms with Gasteiger partial charge in [0.15, 0.2) is 11.5 Å². The van der Waals surface area contributed by atoms with E-state index < -0.39 is 0 Å². The molecule has 4 rings (SSSR count). The van der Waals surface area contributed by atoms with Gasteiger partial charge in [0, 0.05) is 37.1 Å². The van der Waals surface area contributed by atoms with Crippen molar-refractivity contribution >= 4 is 0 Å². The predicted octanol–water partition coefficient (Wildman–Crippen LogP) is 5.81. The van der Waals surface area contributed by atoms with E-state index in [0.717, 1.165) is 37.4 Å². The Labute approximate surface area is 197 Å². The van der Waals surface area contributed by atoms with Crippen LogP contribution in [0, 0.1) is 0 Å². The van der Waals surface area contributed by atoms with Crippen molar-refractivity contribution < 1.29 is 14.2 Å². The van der Waals surface area contributed by atoms with E-state index in [2.05, 4.69) is 78.9 Å². The average Bonchev–Trinajstić information content (AvgIpc) is 3.19. The Bertz CT molecular complexity index is 1080. The fraction of sp³-hybridized carbons (Fsp3) is 0.429. The quantitative estimate of drug-likeness (QED) is 0.477. The number of aryl methyl sites for hydroxylation is 1. The second-order valence-corrected chi connectivity index (χ2v) is 9.72. The molecule has 0 bridgehead atoms. The second kappa shape index (κ2) is 9.52. The smallest absolute Gasteiger partial charge is 0.203 e. The zero-order valence-electron chi connectivity index (χ0n) is 20.7. The molecule has 33 heavy (non-hydrogen) atoms. The molecule has 0 saturated heterocycles. The number of fused-ring (bicyclic) bond motifs is 1. The summed E-state index contributed by atoms with van der Waals surface area (Å²) in [7, 11) is 5.00. The molecule has 2 heterocycles. The Balaban J connectivity index is 1.75. The normalized spacial score (nSPS) is 16.7. The van der Waals surface area contributed by atoms with Crippen LogP contribution in [0.5, 0.6) is 17.2 Å². The first-order chi connectivity index (χ1) is 15.9. The summed E-state index contributed by atoms with van der Waals surface area (Å²) in [5, 5.41) is 0. The summed E-state index contributed by atoms with van der Waals surface area (Å²) in [6.07, 6.45) is 3.29. The average molecular weight is 449 g/mol. The molecule has 1 aliphatic rings. The maximum absolute atomic E-state index is 5.79. The Morgan fingerprint density at radius 1 is 0.848 bits per heavy atom. The highest BCUT2D eigenvalue weighted by Gasteiger charge is 2.29. The molecule has 1 aliphatic heterocycles. The summed E-state index contributed by atoms with van der Waals surface area (Å²) in [4.78, 5) is 2.55. The second-order valence-electron chi connectivity index (χ2n) is 9.72. The molecule has 0 spiro atoms. The number of ether oxygens (including phenoxy) is 3. The monoisotopic (exact) mass is 448 g/mol. The lowest BCUT2D eigenvalue weighted by atomic mass is 9.86. The molecule has 2 aromatic carbocycles. The molecule has 0 N–H and O–H groups in total. The highest BCUT2D eigenvalue weighted by Crippen LogP contribution is 2.42. The Morgan fingerprint density at radius 3 is 2.21 bits per heavy atom. The number of hydrogen-bond acceptors (Lipinski definition) is 4. The highest BCUT2D eigenvalue weighted by atomic mass is 16.5. The van der Waals surface area contributed by atoms with Crippen molar-refractivity contribution in [1.82, 2.24) is 9.47 Å². The summed E-state index contributed by atoms with van der Waals surface area (Å²) < 4.78 is 19.3. The van der Waals surface area contributed by atoms with Gasteiger partial charge in [0.1, 0.15) is 0 Å². The van der Waals surface area contributed by atoms with Gasteiger partial charge in [0.25, 0.3) is 0 Å². The van der Waals surface area contributed by atoms with Crippen LogP contribution in [0.2, 0.25) is 0 Å². The summed E-state index contributed by atoms with van der Waals surface area (Å²) in [5.41, 5.74) is 5.21. The van der Waals surface area contributed by atoms with Crippen molar-refractivity contribution in [3.05, 3.63) is 77.1 Å². The molecule has 1 aromatic heterocycles. The fourth-order valence-corrected chi connectivity index (χ4v) is 4.86. The lowest BCUT2D eigenvalue weighted by Gasteiger charge is -2.32. The maximum Gasteiger partial charge on any atom is 0.203 e. The van der Waals surface area contributed by atoms with Gasteiger partial charge >= 0.3 is 0 Å². The van der Waals surface area contributed by atoms with E-state index in [9.17, 15) is 0 Å². The number of aromatic nitrogens is 1. The summed E-state index contributed by atoms with van der Waals surface area (Å²) in [6, 6.07) is 17.8. The van der Waals surface area contributed by atoms with E-state index in [-0.39, 0.29) is 11.5 Å². The number of benzene rings is 2. The first kappa shape index (κ1) is 23.2. The van der Waals surface area contributed by atoms with Gasteiger partial charge in [-0.1, -0.05) is 51.1 Å². The fourth-order valence-electron chi connectivity index (χ4n) is 4.86. The van der Waals surface area contributed by atoms with Gasteiger partial charge in [-0.3, -0.25) is 4.90 Å². The van der Waals surface area contributed by atoms with Gasteiger partial charge in [-0.25, -0.2) is 0 Å². The minimum atomic E-state index is 0.134. The van der Waals surface area contributed by atoms with Crippen molar-refractivity contribution in [3.63, 3.8) is 0 Å². The van der Waals surface area contributed by atoms with Crippen LogP contribution < -0.4 is 14.2 Å². The molecule has 0 radical (unpaired) electrons. The Kier molecular flexibility index (Phi) is 6.71. The summed E-state index contributed by atoms with van der Waals surface area (Å²) in [6.45, 7) is 9.54. The maximum atomic E-state index is 5.79. The third-order valence-electron chi connectivity index (χ3n) is 6.61. The van der Waals surface area contributed by atoms with Crippen molar-refractivity contribution in [1.29, 1.82) is 0 Å². The van der Waals surface area contributed by atoms with Crippen LogP contribution in [0.1, 0.15) is 55.6 Å². The van der Waals surface area contributed by atoms with Crippen LogP contribution in [-0.4, -0.2) is 37.3 Å². The van der Waals surface area contributed by atoms with E-state index in [0.29, 0.717) is 11.5 Å². The molecule has 0 saturated carbocycles. The third kappa shape index (κ3) is 4.60. The lowest BCUT2D eigenvalue weighted by Crippen LogP contribution is -2.29. The lowest BCUT2D eigenvalue weighted by molar-refractivity contribution is 0.216. The van der Waals surface area contributed by atoms with E-state index in [1.807, 2.05) is 6.07 Å². The zero-order valence-corrected chi connectivity index (χ0v) is 20.7. The van der Waals surface area contributed by atoms with Crippen LogP contribution in [0.3, 0.4) is 0 Å². The van der Waals surface area contributed by atoms with Crippen molar-refractivity contribution in [2.45, 2.75) is 51.7 Å². The van der Waals surface area contributed by atoms with Gasteiger partial charge < -0.3 is 18.8 Å². The van der Waals surface area contributed by atoms with Crippen LogP contribution in [0.15, 0.2) is 54.7 Å². The van der Waals surface area contributed by atoms with Crippen LogP contribution in [-0.2, 0) is 18.5 Å². The summed E-state index contributed by atoms with van der Waals surface area (Å²) in [5.74, 6) is 2.05. The zero-order chi connectivity index (χ0) is 23.6. The first-order valence-electron chi connectivity index (χ1n) is 11.6. The molecule has 176 valence electrons. The van der Waals surface area contributed by atoms with Gasteiger partial charge in [-0.15, -0.1) is 0 Å². The molecule has 5 heteroatoms. The number of hydrogen-bond donors (Lipinski definition) is 0. The van der Waals surface area contributed by atoms with Crippen LogP contribution in [0.25, 0.3) is 0 Å². The van der Waals surface area contributed by atoms with Crippen molar-refractivity contribution in [2.75, 3.05) is 27.9 Å². The van der Waals surface area contributed by atoms with E-state index >= 15 is 0 Å². The van der Waals surface area contributed by atoms with Gasteiger partial charge in [0.05, 0.1) is 27.4 Å². The molecular formula is C28H36N2O3. The summed E-state index contributed by atoms with van der Waals surface area (Å²) >= 11 is 0. The van der Waals surface area contributed by atoms with E-state index in [4.69, 9.17) is 14.2 Å². The molecule has 1 unspecified atom stereocenters. The van der Waals surface area contributed by atoms with Crippen LogP contribution >= 0.6 is 0 Å². The third-order valence-corrected chi connectivity index (χ3v) is 6.61. The van der Waals surface area contributed by atoms with E-state index in [1.165, 1.54) is 16.8 Å². The standard InChI is InChI=1S/C28H36N2O3/c1-28(2,3)22-13-10-20(11-14-22)25-23-9-7-16-29(23)17-8-18-30(25)19-21-12-15-24(31-4)27(33-6)26(21)32-5/h7,9-16,25H,8,17-19H2,1-6H3. The topological polar surface area (TPSA) is 35.9 Å². The first-order valence-corrected chi connectivity index (χ1v) is 11.6. The number of rotatable bonds is 6. The molecule has 0 fully saturated rings. The predicted molar refractivity (Wildman–Crippen MR) is 133 cm³/mol. The molecule has 0 aliphatic carbocycles. The Morgan fingerprint density at radius 2 is 1.58 bits per heavy atom. The number of methoxy groups -OCH3 is 3. The molecule has 3 aromatic rings. The van der Waals surface area contributed by atoms with E-state index in [1.54, 1.807) is 21.3 Å². The molecule has 0 amide bonds. The van der Waals surface area contributed by atoms with Crippen molar-refractivity contribution in [2.24, 2.45) is 0 Å².